The molecule has 1 amide bonds. The third kappa shape index (κ3) is 5.11. The molecule has 2 aromatic carbocycles. The van der Waals surface area contributed by atoms with Gasteiger partial charge in [-0.25, -0.2) is 0 Å². The highest BCUT2D eigenvalue weighted by Gasteiger charge is 2.08. The van der Waals surface area contributed by atoms with Crippen LogP contribution in [-0.2, 0) is 0 Å². The summed E-state index contributed by atoms with van der Waals surface area (Å²) in [4.78, 5) is 12.1. The van der Waals surface area contributed by atoms with E-state index in [0.717, 1.165) is 11.1 Å². The van der Waals surface area contributed by atoms with Crippen LogP contribution in [0.1, 0.15) is 27.9 Å². The molecule has 2 aromatic rings. The maximum absolute atomic E-state index is 12.1. The lowest BCUT2D eigenvalue weighted by Gasteiger charge is -2.09. The molecular weight excluding hydrogens is 326 g/mol. The molecule has 0 aromatic heterocycles. The summed E-state index contributed by atoms with van der Waals surface area (Å²) in [7, 11) is 1.59. The number of benzene rings is 2. The van der Waals surface area contributed by atoms with Gasteiger partial charge >= 0.3 is 0 Å². The molecule has 0 aliphatic heterocycles. The van der Waals surface area contributed by atoms with Crippen LogP contribution >= 0.6 is 11.6 Å². The highest BCUT2D eigenvalue weighted by Crippen LogP contribution is 2.23. The number of amides is 1. The van der Waals surface area contributed by atoms with Crippen LogP contribution in [-0.4, -0.2) is 31.3 Å². The fourth-order valence-corrected chi connectivity index (χ4v) is 2.27. The zero-order valence-corrected chi connectivity index (χ0v) is 14.2. The van der Waals surface area contributed by atoms with E-state index >= 15 is 0 Å². The SMILES string of the molecule is COc1ccc(C(=O)NCCCO)cc1/C=C/c1ccc(Cl)cc1. The lowest BCUT2D eigenvalue weighted by atomic mass is 10.1. The second-order valence-corrected chi connectivity index (χ2v) is 5.61. The van der Waals surface area contributed by atoms with Crippen molar-refractivity contribution < 1.29 is 14.6 Å². The molecule has 0 saturated heterocycles. The Morgan fingerprint density at radius 3 is 2.62 bits per heavy atom. The molecular formula is C19H20ClNO3. The van der Waals surface area contributed by atoms with Crippen LogP contribution in [0, 0.1) is 0 Å². The van der Waals surface area contributed by atoms with Gasteiger partial charge in [-0.1, -0.05) is 35.9 Å². The number of carbonyl (C=O) groups excluding carboxylic acids is 1. The summed E-state index contributed by atoms with van der Waals surface area (Å²) < 4.78 is 5.35. The van der Waals surface area contributed by atoms with Crippen molar-refractivity contribution in [1.82, 2.24) is 5.32 Å². The van der Waals surface area contributed by atoms with Crippen molar-refractivity contribution in [3.05, 3.63) is 64.2 Å². The van der Waals surface area contributed by atoms with Gasteiger partial charge in [-0.2, -0.15) is 0 Å². The summed E-state index contributed by atoms with van der Waals surface area (Å²) in [6.45, 7) is 0.495. The maximum Gasteiger partial charge on any atom is 0.251 e. The lowest BCUT2D eigenvalue weighted by Crippen LogP contribution is -2.25. The quantitative estimate of drug-likeness (QED) is 0.595. The fourth-order valence-electron chi connectivity index (χ4n) is 2.15. The summed E-state index contributed by atoms with van der Waals surface area (Å²) in [6.07, 6.45) is 4.36. The molecule has 24 heavy (non-hydrogen) atoms. The number of aliphatic hydroxyl groups is 1. The van der Waals surface area contributed by atoms with Crippen molar-refractivity contribution in [3.8, 4) is 5.75 Å². The minimum absolute atomic E-state index is 0.0535. The molecule has 0 radical (unpaired) electrons. The van der Waals surface area contributed by atoms with Gasteiger partial charge in [0.25, 0.3) is 5.91 Å². The van der Waals surface area contributed by atoms with Gasteiger partial charge in [0.1, 0.15) is 5.75 Å². The summed E-state index contributed by atoms with van der Waals surface area (Å²) >= 11 is 5.88. The standard InChI is InChI=1S/C19H20ClNO3/c1-24-18-10-7-16(19(23)21-11-2-12-22)13-15(18)6-3-14-4-8-17(20)9-5-14/h3-10,13,22H,2,11-12H2,1H3,(H,21,23)/b6-3+. The van der Waals surface area contributed by atoms with Gasteiger partial charge in [-0.05, 0) is 42.3 Å². The first kappa shape index (κ1) is 18.0. The number of nitrogens with one attached hydrogen (secondary N) is 1. The van der Waals surface area contributed by atoms with Gasteiger partial charge in [0.2, 0.25) is 0 Å². The summed E-state index contributed by atoms with van der Waals surface area (Å²) in [5.74, 6) is 0.513. The number of hydrogen-bond donors (Lipinski definition) is 2. The maximum atomic E-state index is 12.1. The average Bonchev–Trinajstić information content (AvgIpc) is 2.61. The monoisotopic (exact) mass is 345 g/mol. The molecule has 0 atom stereocenters. The van der Waals surface area contributed by atoms with E-state index in [1.807, 2.05) is 36.4 Å². The topological polar surface area (TPSA) is 58.6 Å². The first-order valence-electron chi connectivity index (χ1n) is 7.65. The minimum Gasteiger partial charge on any atom is -0.496 e. The van der Waals surface area contributed by atoms with Crippen LogP contribution in [0.3, 0.4) is 0 Å². The van der Waals surface area contributed by atoms with E-state index in [-0.39, 0.29) is 12.5 Å². The van der Waals surface area contributed by atoms with Gasteiger partial charge in [-0.15, -0.1) is 0 Å². The van der Waals surface area contributed by atoms with Crippen molar-refractivity contribution in [3.63, 3.8) is 0 Å². The fraction of sp³-hybridized carbons (Fsp3) is 0.211. The van der Waals surface area contributed by atoms with E-state index in [9.17, 15) is 4.79 Å². The van der Waals surface area contributed by atoms with E-state index in [1.165, 1.54) is 0 Å². The molecule has 0 saturated carbocycles. The molecule has 126 valence electrons. The Morgan fingerprint density at radius 2 is 1.96 bits per heavy atom. The van der Waals surface area contributed by atoms with Crippen LogP contribution in [0.5, 0.6) is 5.75 Å². The minimum atomic E-state index is -0.174. The Kier molecular flexibility index (Phi) is 6.85. The normalized spacial score (nSPS) is 10.8. The first-order chi connectivity index (χ1) is 11.6. The predicted octanol–water partition coefficient (Wildman–Crippen LogP) is 3.63. The highest BCUT2D eigenvalue weighted by atomic mass is 35.5. The molecule has 0 unspecified atom stereocenters. The number of ether oxygens (including phenoxy) is 1. The molecule has 2 N–H and O–H groups in total. The lowest BCUT2D eigenvalue weighted by molar-refractivity contribution is 0.0951. The zero-order chi connectivity index (χ0) is 17.4. The third-order valence-corrected chi connectivity index (χ3v) is 3.69. The van der Waals surface area contributed by atoms with E-state index in [1.54, 1.807) is 25.3 Å². The van der Waals surface area contributed by atoms with Gasteiger partial charge in [0, 0.05) is 29.3 Å². The van der Waals surface area contributed by atoms with Gasteiger partial charge < -0.3 is 15.2 Å². The number of rotatable bonds is 7. The number of carbonyl (C=O) groups is 1. The highest BCUT2D eigenvalue weighted by molar-refractivity contribution is 6.30. The molecule has 5 heteroatoms. The predicted molar refractivity (Wildman–Crippen MR) is 97.4 cm³/mol. The summed E-state index contributed by atoms with van der Waals surface area (Å²) in [5, 5.41) is 12.2. The van der Waals surface area contributed by atoms with Gasteiger partial charge in [0.15, 0.2) is 0 Å². The van der Waals surface area contributed by atoms with Crippen molar-refractivity contribution in [2.45, 2.75) is 6.42 Å². The molecule has 4 nitrogen and oxygen atoms in total. The number of methoxy groups -OCH3 is 1. The molecule has 0 heterocycles. The van der Waals surface area contributed by atoms with E-state index in [0.29, 0.717) is 29.3 Å². The molecule has 0 bridgehead atoms. The number of aliphatic hydroxyl groups excluding tert-OH is 1. The third-order valence-electron chi connectivity index (χ3n) is 3.44. The van der Waals surface area contributed by atoms with Crippen LogP contribution in [0.15, 0.2) is 42.5 Å². The average molecular weight is 346 g/mol. The zero-order valence-electron chi connectivity index (χ0n) is 13.5. The molecule has 2 rings (SSSR count). The van der Waals surface area contributed by atoms with Gasteiger partial charge in [0.05, 0.1) is 7.11 Å². The van der Waals surface area contributed by atoms with Crippen LogP contribution in [0.4, 0.5) is 0 Å². The number of halogens is 1. The van der Waals surface area contributed by atoms with Crippen molar-refractivity contribution in [2.75, 3.05) is 20.3 Å². The molecule has 0 aliphatic rings. The Morgan fingerprint density at radius 1 is 1.21 bits per heavy atom. The second-order valence-electron chi connectivity index (χ2n) is 5.17. The van der Waals surface area contributed by atoms with E-state index in [2.05, 4.69) is 5.32 Å². The Bertz CT molecular complexity index is 711. The Hall–Kier alpha value is -2.30. The largest absolute Gasteiger partial charge is 0.496 e. The van der Waals surface area contributed by atoms with Crippen LogP contribution < -0.4 is 10.1 Å². The smallest absolute Gasteiger partial charge is 0.251 e. The first-order valence-corrected chi connectivity index (χ1v) is 8.02. The summed E-state index contributed by atoms with van der Waals surface area (Å²) in [5.41, 5.74) is 2.35. The molecule has 0 spiro atoms. The van der Waals surface area contributed by atoms with Crippen molar-refractivity contribution in [1.29, 1.82) is 0 Å². The van der Waals surface area contributed by atoms with E-state index in [4.69, 9.17) is 21.4 Å². The summed E-state index contributed by atoms with van der Waals surface area (Å²) in [6, 6.07) is 12.7. The van der Waals surface area contributed by atoms with Crippen molar-refractivity contribution in [2.24, 2.45) is 0 Å². The van der Waals surface area contributed by atoms with E-state index < -0.39 is 0 Å². The van der Waals surface area contributed by atoms with Gasteiger partial charge in [-0.3, -0.25) is 4.79 Å². The number of hydrogen-bond acceptors (Lipinski definition) is 3. The van der Waals surface area contributed by atoms with Crippen LogP contribution in [0.2, 0.25) is 5.02 Å². The second kappa shape index (κ2) is 9.11. The van der Waals surface area contributed by atoms with Crippen molar-refractivity contribution >= 4 is 29.7 Å². The van der Waals surface area contributed by atoms with Crippen LogP contribution in [0.25, 0.3) is 12.2 Å². The Labute approximate surface area is 146 Å². The molecule has 0 aliphatic carbocycles. The Balaban J connectivity index is 2.19. The molecule has 0 fully saturated rings.